The average Bonchev–Trinajstić information content (AvgIpc) is 1.37. The zero-order chi connectivity index (χ0) is 3.41. The fourth-order valence-corrected chi connectivity index (χ4v) is 0. The Balaban J connectivity index is 0. The molecule has 0 fully saturated rings. The third-order valence-corrected chi connectivity index (χ3v) is 0.0500. The number of nitriles is 2. The molecule has 0 radical (unpaired) electrons. The minimum atomic E-state index is 0. The molecular weight excluding hydrogens is 92.1 g/mol. The Kier molecular flexibility index (Phi) is 15.9. The molecular formula is C2H2CaN2. The zero-order valence-corrected chi connectivity index (χ0v) is 1.89. The van der Waals surface area contributed by atoms with Gasteiger partial charge in [0.15, 0.2) is 12.1 Å². The van der Waals surface area contributed by atoms with Crippen molar-refractivity contribution < 1.29 is 0 Å². The van der Waals surface area contributed by atoms with Crippen molar-refractivity contribution in [1.82, 2.24) is 0 Å². The van der Waals surface area contributed by atoms with Gasteiger partial charge in [0.25, 0.3) is 0 Å². The van der Waals surface area contributed by atoms with Gasteiger partial charge in [-0.15, -0.1) is 0 Å². The van der Waals surface area contributed by atoms with Gasteiger partial charge in [0, 0.05) is 0 Å². The van der Waals surface area contributed by atoms with Crippen molar-refractivity contribution >= 4 is 37.7 Å². The molecule has 0 bridgehead atoms. The summed E-state index contributed by atoms with van der Waals surface area (Å²) < 4.78 is 0. The summed E-state index contributed by atoms with van der Waals surface area (Å²) in [6.45, 7) is 0. The monoisotopic (exact) mass is 94.0 g/mol. The van der Waals surface area contributed by atoms with Crippen molar-refractivity contribution in [3.8, 4) is 12.1 Å². The van der Waals surface area contributed by atoms with Gasteiger partial charge in [-0.3, -0.25) is 0 Å². The van der Waals surface area contributed by atoms with Crippen LogP contribution in [0.15, 0.2) is 0 Å². The molecule has 0 atom stereocenters. The van der Waals surface area contributed by atoms with Crippen LogP contribution in [0, 0.1) is 22.7 Å². The summed E-state index contributed by atoms with van der Waals surface area (Å²) in [5.74, 6) is 0. The molecule has 0 rings (SSSR count). The first-order valence-corrected chi connectivity index (χ1v) is 0.697. The molecule has 0 heterocycles. The fourth-order valence-electron chi connectivity index (χ4n) is 0. The molecule has 0 N–H and O–H groups in total. The van der Waals surface area contributed by atoms with Gasteiger partial charge in [-0.1, -0.05) is 0 Å². The Labute approximate surface area is 60.0 Å². The van der Waals surface area contributed by atoms with Crippen LogP contribution >= 0.6 is 0 Å². The number of rotatable bonds is 0. The molecule has 0 amide bonds. The molecule has 0 aliphatic carbocycles. The Bertz CT molecular complexity index is 62.6. The molecule has 0 saturated heterocycles. The predicted octanol–water partition coefficient (Wildman–Crippen LogP) is -0.883. The summed E-state index contributed by atoms with van der Waals surface area (Å²) in [6.07, 6.45) is 0. The summed E-state index contributed by atoms with van der Waals surface area (Å²) in [6, 6.07) is 2.47. The molecule has 0 aromatic heterocycles. The van der Waals surface area contributed by atoms with E-state index in [1.54, 1.807) is 0 Å². The van der Waals surface area contributed by atoms with E-state index in [0.717, 1.165) is 0 Å². The van der Waals surface area contributed by atoms with E-state index < -0.39 is 0 Å². The van der Waals surface area contributed by atoms with Gasteiger partial charge < -0.3 is 0 Å². The van der Waals surface area contributed by atoms with Crippen LogP contribution in [0.4, 0.5) is 0 Å². The molecule has 0 aromatic rings. The van der Waals surface area contributed by atoms with Crippen molar-refractivity contribution in [2.75, 3.05) is 0 Å². The van der Waals surface area contributed by atoms with E-state index in [9.17, 15) is 0 Å². The van der Waals surface area contributed by atoms with Crippen molar-refractivity contribution in [1.29, 1.82) is 10.5 Å². The maximum absolute atomic E-state index is 7.26. The summed E-state index contributed by atoms with van der Waals surface area (Å²) in [5, 5.41) is 14.5. The maximum atomic E-state index is 7.26. The van der Waals surface area contributed by atoms with E-state index in [-0.39, 0.29) is 37.7 Å². The van der Waals surface area contributed by atoms with Crippen molar-refractivity contribution in [2.45, 2.75) is 0 Å². The van der Waals surface area contributed by atoms with E-state index >= 15 is 0 Å². The minimum absolute atomic E-state index is 0. The normalized spacial score (nSPS) is 2.00. The van der Waals surface area contributed by atoms with Crippen LogP contribution in [0.2, 0.25) is 0 Å². The summed E-state index contributed by atoms with van der Waals surface area (Å²) in [5.41, 5.74) is 0. The van der Waals surface area contributed by atoms with Gasteiger partial charge in [0.1, 0.15) is 0 Å². The number of hydrogen-bond donors (Lipinski definition) is 0. The topological polar surface area (TPSA) is 47.6 Å². The van der Waals surface area contributed by atoms with E-state index in [2.05, 4.69) is 0 Å². The standard InChI is InChI=1S/C2N2.Ca.2H/c3-1-2-4;;;. The molecule has 0 aromatic carbocycles. The zero-order valence-electron chi connectivity index (χ0n) is 1.89. The fraction of sp³-hybridized carbons (Fsp3) is 0. The molecule has 22 valence electrons. The first-order chi connectivity index (χ1) is 1.91. The summed E-state index contributed by atoms with van der Waals surface area (Å²) in [4.78, 5) is 0. The van der Waals surface area contributed by atoms with Crippen LogP contribution in [-0.2, 0) is 0 Å². The molecule has 2 nitrogen and oxygen atoms in total. The van der Waals surface area contributed by atoms with E-state index in [1.165, 1.54) is 12.1 Å². The molecule has 0 unspecified atom stereocenters. The second-order valence-electron chi connectivity index (χ2n) is 0.224. The van der Waals surface area contributed by atoms with E-state index in [4.69, 9.17) is 10.5 Å². The SMILES string of the molecule is N#CC#N.[CaH2]. The first kappa shape index (κ1) is 8.97. The first-order valence-electron chi connectivity index (χ1n) is 0.697. The van der Waals surface area contributed by atoms with Crippen LogP contribution in [0.3, 0.4) is 0 Å². The van der Waals surface area contributed by atoms with E-state index in [1.807, 2.05) is 0 Å². The number of hydrogen-bond acceptors (Lipinski definition) is 2. The molecule has 0 spiro atoms. The third kappa shape index (κ3) is 13.8. The Morgan fingerprint density at radius 3 is 1.20 bits per heavy atom. The van der Waals surface area contributed by atoms with Crippen LogP contribution in [0.25, 0.3) is 0 Å². The van der Waals surface area contributed by atoms with Crippen molar-refractivity contribution in [3.05, 3.63) is 0 Å². The van der Waals surface area contributed by atoms with Gasteiger partial charge in [-0.05, 0) is 0 Å². The second kappa shape index (κ2) is 8.87. The quantitative estimate of drug-likeness (QED) is 0.366. The Morgan fingerprint density at radius 1 is 1.00 bits per heavy atom. The molecule has 5 heavy (non-hydrogen) atoms. The summed E-state index contributed by atoms with van der Waals surface area (Å²) >= 11 is 0. The van der Waals surface area contributed by atoms with Crippen molar-refractivity contribution in [2.24, 2.45) is 0 Å². The average molecular weight is 94.1 g/mol. The molecule has 3 heteroatoms. The van der Waals surface area contributed by atoms with Crippen molar-refractivity contribution in [3.63, 3.8) is 0 Å². The van der Waals surface area contributed by atoms with Crippen LogP contribution in [-0.4, -0.2) is 37.7 Å². The van der Waals surface area contributed by atoms with E-state index in [0.29, 0.717) is 0 Å². The van der Waals surface area contributed by atoms with Crippen LogP contribution < -0.4 is 0 Å². The third-order valence-electron chi connectivity index (χ3n) is 0.0500. The predicted molar refractivity (Wildman–Crippen MR) is 19.8 cm³/mol. The molecule has 0 aliphatic heterocycles. The Morgan fingerprint density at radius 2 is 1.20 bits per heavy atom. The Hall–Kier alpha value is 0.240. The van der Waals surface area contributed by atoms with Gasteiger partial charge in [-0.2, -0.15) is 10.5 Å². The van der Waals surface area contributed by atoms with Crippen LogP contribution in [0.5, 0.6) is 0 Å². The van der Waals surface area contributed by atoms with Crippen LogP contribution in [0.1, 0.15) is 0 Å². The van der Waals surface area contributed by atoms with Gasteiger partial charge in [-0.25, -0.2) is 0 Å². The van der Waals surface area contributed by atoms with Gasteiger partial charge in [0.2, 0.25) is 0 Å². The molecule has 0 saturated carbocycles. The molecule has 0 aliphatic rings. The van der Waals surface area contributed by atoms with Gasteiger partial charge in [0.05, 0.1) is 0 Å². The summed E-state index contributed by atoms with van der Waals surface area (Å²) in [7, 11) is 0. The van der Waals surface area contributed by atoms with Gasteiger partial charge >= 0.3 is 37.7 Å². The number of nitrogens with zero attached hydrogens (tertiary/aromatic N) is 2. The second-order valence-corrected chi connectivity index (χ2v) is 0.224.